The minimum Gasteiger partial charge on any atom is -0.456 e. The number of alkyl halides is 3. The predicted molar refractivity (Wildman–Crippen MR) is 70.1 cm³/mol. The molecule has 0 radical (unpaired) electrons. The molecule has 2 N–H and O–H groups in total. The maximum absolute atomic E-state index is 12.7. The van der Waals surface area contributed by atoms with Gasteiger partial charge in [0.25, 0.3) is 0 Å². The van der Waals surface area contributed by atoms with E-state index in [0.717, 1.165) is 6.07 Å². The van der Waals surface area contributed by atoms with E-state index in [4.69, 9.17) is 10.5 Å². The molecule has 0 saturated carbocycles. The quantitative estimate of drug-likeness (QED) is 0.799. The molecule has 6 heteroatoms. The number of benzene rings is 2. The summed E-state index contributed by atoms with van der Waals surface area (Å²) in [5.74, 6) is 0.508. The Morgan fingerprint density at radius 2 is 1.74 bits per heavy atom. The zero-order valence-corrected chi connectivity index (χ0v) is 11.1. The van der Waals surface area contributed by atoms with Crippen molar-refractivity contribution >= 4 is 21.6 Å². The Kier molecular flexibility index (Phi) is 3.71. The molecule has 0 fully saturated rings. The minimum absolute atomic E-state index is 0.0772. The smallest absolute Gasteiger partial charge is 0.418 e. The third-order valence-corrected chi connectivity index (χ3v) is 3.05. The van der Waals surface area contributed by atoms with Crippen molar-refractivity contribution in [3.8, 4) is 11.5 Å². The molecule has 0 spiro atoms. The van der Waals surface area contributed by atoms with Gasteiger partial charge in [0, 0.05) is 5.69 Å². The number of hydrogen-bond acceptors (Lipinski definition) is 2. The van der Waals surface area contributed by atoms with E-state index in [-0.39, 0.29) is 11.4 Å². The van der Waals surface area contributed by atoms with Crippen LogP contribution in [0.2, 0.25) is 0 Å². The second-order valence-corrected chi connectivity index (χ2v) is 4.63. The van der Waals surface area contributed by atoms with Crippen LogP contribution < -0.4 is 10.5 Å². The summed E-state index contributed by atoms with van der Waals surface area (Å²) in [6.07, 6.45) is -4.50. The highest BCUT2D eigenvalue weighted by Gasteiger charge is 2.33. The highest BCUT2D eigenvalue weighted by Crippen LogP contribution is 2.37. The fraction of sp³-hybridized carbons (Fsp3) is 0.0769. The van der Waals surface area contributed by atoms with Crippen LogP contribution in [-0.2, 0) is 6.18 Å². The van der Waals surface area contributed by atoms with Crippen LogP contribution in [-0.4, -0.2) is 0 Å². The van der Waals surface area contributed by atoms with Crippen molar-refractivity contribution in [2.24, 2.45) is 0 Å². The van der Waals surface area contributed by atoms with Crippen molar-refractivity contribution in [3.05, 3.63) is 52.5 Å². The molecule has 0 unspecified atom stereocenters. The van der Waals surface area contributed by atoms with Crippen LogP contribution in [0.3, 0.4) is 0 Å². The summed E-state index contributed by atoms with van der Waals surface area (Å²) in [4.78, 5) is 0. The van der Waals surface area contributed by atoms with Gasteiger partial charge in [-0.2, -0.15) is 13.2 Å². The van der Waals surface area contributed by atoms with E-state index >= 15 is 0 Å². The summed E-state index contributed by atoms with van der Waals surface area (Å²) in [6.45, 7) is 0. The Balaban J connectivity index is 2.35. The number of rotatable bonds is 2. The summed E-state index contributed by atoms with van der Waals surface area (Å²) >= 11 is 3.25. The second-order valence-electron chi connectivity index (χ2n) is 3.78. The average Bonchev–Trinajstić information content (AvgIpc) is 2.33. The molecule has 0 bridgehead atoms. The molecule has 0 aliphatic heterocycles. The molecule has 2 rings (SSSR count). The van der Waals surface area contributed by atoms with E-state index in [1.54, 1.807) is 24.3 Å². The molecule has 0 aromatic heterocycles. The summed E-state index contributed by atoms with van der Waals surface area (Å²) in [5.41, 5.74) is 4.08. The van der Waals surface area contributed by atoms with Crippen molar-refractivity contribution in [1.82, 2.24) is 0 Å². The van der Waals surface area contributed by atoms with E-state index < -0.39 is 11.7 Å². The lowest BCUT2D eigenvalue weighted by molar-refractivity contribution is -0.137. The first kappa shape index (κ1) is 13.7. The lowest BCUT2D eigenvalue weighted by atomic mass is 10.1. The van der Waals surface area contributed by atoms with Crippen molar-refractivity contribution in [1.29, 1.82) is 0 Å². The zero-order valence-electron chi connectivity index (χ0n) is 9.54. The molecule has 0 atom stereocenters. The topological polar surface area (TPSA) is 35.2 Å². The maximum Gasteiger partial charge on any atom is 0.418 e. The first-order chi connectivity index (χ1) is 8.88. The molecule has 0 aliphatic rings. The van der Waals surface area contributed by atoms with E-state index in [1.807, 2.05) is 0 Å². The van der Waals surface area contributed by atoms with Crippen LogP contribution in [0.5, 0.6) is 11.5 Å². The first-order valence-electron chi connectivity index (χ1n) is 5.27. The molecule has 100 valence electrons. The number of ether oxygens (including phenoxy) is 1. The molecule has 0 aliphatic carbocycles. The summed E-state index contributed by atoms with van der Waals surface area (Å²) in [5, 5.41) is 0. The summed E-state index contributed by atoms with van der Waals surface area (Å²) < 4.78 is 44.2. The molecular weight excluding hydrogens is 323 g/mol. The van der Waals surface area contributed by atoms with Gasteiger partial charge in [-0.25, -0.2) is 0 Å². The van der Waals surface area contributed by atoms with Gasteiger partial charge in [0.05, 0.1) is 10.0 Å². The minimum atomic E-state index is -4.50. The largest absolute Gasteiger partial charge is 0.456 e. The Morgan fingerprint density at radius 3 is 2.37 bits per heavy atom. The molecule has 19 heavy (non-hydrogen) atoms. The van der Waals surface area contributed by atoms with E-state index in [9.17, 15) is 13.2 Å². The van der Waals surface area contributed by atoms with Gasteiger partial charge in [-0.15, -0.1) is 0 Å². The molecular formula is C13H9BrF3NO. The van der Waals surface area contributed by atoms with Crippen molar-refractivity contribution in [2.75, 3.05) is 5.73 Å². The normalized spacial score (nSPS) is 11.4. The van der Waals surface area contributed by atoms with Crippen LogP contribution in [0.4, 0.5) is 18.9 Å². The van der Waals surface area contributed by atoms with Gasteiger partial charge in [-0.05, 0) is 46.3 Å². The van der Waals surface area contributed by atoms with Gasteiger partial charge >= 0.3 is 6.18 Å². The predicted octanol–water partition coefficient (Wildman–Crippen LogP) is 4.84. The number of hydrogen-bond donors (Lipinski definition) is 1. The monoisotopic (exact) mass is 331 g/mol. The van der Waals surface area contributed by atoms with Gasteiger partial charge in [-0.1, -0.05) is 12.1 Å². The van der Waals surface area contributed by atoms with Crippen molar-refractivity contribution in [2.45, 2.75) is 6.18 Å². The van der Waals surface area contributed by atoms with Crippen LogP contribution in [0.15, 0.2) is 46.9 Å². The second kappa shape index (κ2) is 5.13. The van der Waals surface area contributed by atoms with Crippen LogP contribution >= 0.6 is 15.9 Å². The standard InChI is InChI=1S/C13H9BrF3NO/c14-10-3-1-2-4-12(10)19-8-5-6-11(18)9(7-8)13(15,16)17/h1-7H,18H2. The van der Waals surface area contributed by atoms with Crippen LogP contribution in [0.1, 0.15) is 5.56 Å². The Bertz CT molecular complexity index is 599. The number of nitrogen functional groups attached to an aromatic ring is 1. The fourth-order valence-electron chi connectivity index (χ4n) is 1.50. The third kappa shape index (κ3) is 3.20. The highest BCUT2D eigenvalue weighted by atomic mass is 79.9. The van der Waals surface area contributed by atoms with Gasteiger partial charge in [0.2, 0.25) is 0 Å². The average molecular weight is 332 g/mol. The molecule has 0 heterocycles. The first-order valence-corrected chi connectivity index (χ1v) is 6.06. The Hall–Kier alpha value is -1.69. The van der Waals surface area contributed by atoms with E-state index in [1.165, 1.54) is 12.1 Å². The summed E-state index contributed by atoms with van der Waals surface area (Å²) in [7, 11) is 0. The van der Waals surface area contributed by atoms with E-state index in [0.29, 0.717) is 10.2 Å². The van der Waals surface area contributed by atoms with E-state index in [2.05, 4.69) is 15.9 Å². The van der Waals surface area contributed by atoms with Crippen LogP contribution in [0.25, 0.3) is 0 Å². The molecule has 2 aromatic rings. The lowest BCUT2D eigenvalue weighted by Crippen LogP contribution is -2.08. The lowest BCUT2D eigenvalue weighted by Gasteiger charge is -2.13. The summed E-state index contributed by atoms with van der Waals surface area (Å²) in [6, 6.07) is 10.3. The number of anilines is 1. The maximum atomic E-state index is 12.7. The van der Waals surface area contributed by atoms with Gasteiger partial charge in [-0.3, -0.25) is 0 Å². The van der Waals surface area contributed by atoms with Gasteiger partial charge in [0.1, 0.15) is 11.5 Å². The number of para-hydroxylation sites is 1. The van der Waals surface area contributed by atoms with Gasteiger partial charge < -0.3 is 10.5 Å². The SMILES string of the molecule is Nc1ccc(Oc2ccccc2Br)cc1C(F)(F)F. The molecule has 2 nitrogen and oxygen atoms in total. The zero-order chi connectivity index (χ0) is 14.0. The number of nitrogens with two attached hydrogens (primary N) is 1. The van der Waals surface area contributed by atoms with Crippen molar-refractivity contribution < 1.29 is 17.9 Å². The Morgan fingerprint density at radius 1 is 1.05 bits per heavy atom. The number of halogens is 4. The Labute approximate surface area is 116 Å². The third-order valence-electron chi connectivity index (χ3n) is 2.39. The van der Waals surface area contributed by atoms with Crippen molar-refractivity contribution in [3.63, 3.8) is 0 Å². The molecule has 0 saturated heterocycles. The molecule has 2 aromatic carbocycles. The van der Waals surface area contributed by atoms with Crippen LogP contribution in [0, 0.1) is 0 Å². The van der Waals surface area contributed by atoms with Gasteiger partial charge in [0.15, 0.2) is 0 Å². The highest BCUT2D eigenvalue weighted by molar-refractivity contribution is 9.10. The molecule has 0 amide bonds. The fourth-order valence-corrected chi connectivity index (χ4v) is 1.86.